The zero-order chi connectivity index (χ0) is 20.6. The van der Waals surface area contributed by atoms with Gasteiger partial charge in [-0.3, -0.25) is 0 Å². The summed E-state index contributed by atoms with van der Waals surface area (Å²) in [5.41, 5.74) is 13.3. The lowest BCUT2D eigenvalue weighted by atomic mass is 9.87. The molecule has 0 unspecified atom stereocenters. The Hall–Kier alpha value is -3.90. The molecule has 0 amide bonds. The molecule has 0 atom stereocenters. The van der Waals surface area contributed by atoms with Crippen LogP contribution in [0.3, 0.4) is 0 Å². The molecule has 4 aromatic carbocycles. The number of hydrogen-bond donors (Lipinski definition) is 0. The third kappa shape index (κ3) is 3.08. The summed E-state index contributed by atoms with van der Waals surface area (Å²) in [6.45, 7) is 0. The molecule has 0 fully saturated rings. The van der Waals surface area contributed by atoms with Gasteiger partial charge in [0.1, 0.15) is 0 Å². The van der Waals surface area contributed by atoms with E-state index in [0.29, 0.717) is 0 Å². The molecule has 4 aromatic rings. The maximum absolute atomic E-state index is 2.39. The normalized spacial score (nSPS) is 13.7. The van der Waals surface area contributed by atoms with Gasteiger partial charge >= 0.3 is 0 Å². The molecule has 31 heavy (non-hydrogen) atoms. The quantitative estimate of drug-likeness (QED) is 0.294. The van der Waals surface area contributed by atoms with Gasteiger partial charge in [-0.15, -0.1) is 0 Å². The largest absolute Gasteiger partial charge is 0.0622 e. The number of allylic oxidation sites excluding steroid dienone is 5. The Morgan fingerprint density at radius 2 is 1.23 bits per heavy atom. The highest BCUT2D eigenvalue weighted by atomic mass is 14.2. The van der Waals surface area contributed by atoms with Crippen LogP contribution in [-0.4, -0.2) is 0 Å². The SMILES string of the molecule is C1=CC(=C(c2ccccc2)c2ccccc2)C(c2ccc3c(c2)Cc2ccccc2-3)=C1. The standard InChI is InChI=1S/C31H22/c1-3-10-22(11-4-1)31(23-12-5-2-6-13-23)30-17-9-16-28(30)25-18-19-29-26(21-25)20-24-14-7-8-15-27(24)29/h1-19,21H,20H2. The Morgan fingerprint density at radius 3 is 1.97 bits per heavy atom. The van der Waals surface area contributed by atoms with Crippen molar-refractivity contribution in [3.05, 3.63) is 155 Å². The Balaban J connectivity index is 1.49. The van der Waals surface area contributed by atoms with Crippen LogP contribution in [0.2, 0.25) is 0 Å². The van der Waals surface area contributed by atoms with E-state index in [9.17, 15) is 0 Å². The van der Waals surface area contributed by atoms with Crippen LogP contribution in [0.25, 0.3) is 22.3 Å². The molecule has 0 radical (unpaired) electrons. The zero-order valence-corrected chi connectivity index (χ0v) is 17.3. The summed E-state index contributed by atoms with van der Waals surface area (Å²) in [6, 6.07) is 37.2. The van der Waals surface area contributed by atoms with E-state index in [1.54, 1.807) is 0 Å². The van der Waals surface area contributed by atoms with Gasteiger partial charge < -0.3 is 0 Å². The van der Waals surface area contributed by atoms with Crippen LogP contribution in [0.5, 0.6) is 0 Å². The van der Waals surface area contributed by atoms with Gasteiger partial charge in [-0.1, -0.05) is 121 Å². The van der Waals surface area contributed by atoms with Crippen molar-refractivity contribution < 1.29 is 0 Å². The molecule has 0 N–H and O–H groups in total. The van der Waals surface area contributed by atoms with E-state index in [0.717, 1.165) is 6.42 Å². The van der Waals surface area contributed by atoms with Crippen molar-refractivity contribution in [1.82, 2.24) is 0 Å². The smallest absolute Gasteiger partial charge is 0.00132 e. The highest BCUT2D eigenvalue weighted by Gasteiger charge is 2.21. The number of benzene rings is 4. The van der Waals surface area contributed by atoms with Crippen molar-refractivity contribution in [1.29, 1.82) is 0 Å². The Morgan fingerprint density at radius 1 is 0.581 bits per heavy atom. The molecule has 6 rings (SSSR count). The van der Waals surface area contributed by atoms with Gasteiger partial charge in [-0.25, -0.2) is 0 Å². The minimum atomic E-state index is 1.02. The van der Waals surface area contributed by atoms with Gasteiger partial charge in [0, 0.05) is 0 Å². The van der Waals surface area contributed by atoms with Crippen LogP contribution in [-0.2, 0) is 6.42 Å². The molecule has 0 heterocycles. The van der Waals surface area contributed by atoms with E-state index < -0.39 is 0 Å². The van der Waals surface area contributed by atoms with Crippen molar-refractivity contribution in [2.24, 2.45) is 0 Å². The average molecular weight is 395 g/mol. The van der Waals surface area contributed by atoms with Crippen LogP contribution in [0.4, 0.5) is 0 Å². The second-order valence-electron chi connectivity index (χ2n) is 8.17. The van der Waals surface area contributed by atoms with Crippen molar-refractivity contribution in [2.45, 2.75) is 6.42 Å². The Bertz CT molecular complexity index is 1320. The van der Waals surface area contributed by atoms with Gasteiger partial charge in [0.25, 0.3) is 0 Å². The molecule has 2 aliphatic rings. The lowest BCUT2D eigenvalue weighted by molar-refractivity contribution is 1.26. The second kappa shape index (κ2) is 7.41. The maximum atomic E-state index is 2.39. The van der Waals surface area contributed by atoms with E-state index >= 15 is 0 Å². The molecule has 0 spiro atoms. The van der Waals surface area contributed by atoms with E-state index in [-0.39, 0.29) is 0 Å². The first-order valence-electron chi connectivity index (χ1n) is 10.8. The summed E-state index contributed by atoms with van der Waals surface area (Å²) < 4.78 is 0. The fourth-order valence-electron chi connectivity index (χ4n) is 4.89. The summed E-state index contributed by atoms with van der Waals surface area (Å²) >= 11 is 0. The molecule has 146 valence electrons. The molecule has 0 aliphatic heterocycles. The summed E-state index contributed by atoms with van der Waals surface area (Å²) in [6.07, 6.45) is 7.71. The Kier molecular flexibility index (Phi) is 4.28. The van der Waals surface area contributed by atoms with E-state index in [1.165, 1.54) is 55.7 Å². The molecule has 0 saturated heterocycles. The van der Waals surface area contributed by atoms with Crippen molar-refractivity contribution >= 4 is 11.1 Å². The van der Waals surface area contributed by atoms with E-state index in [2.05, 4.69) is 121 Å². The van der Waals surface area contributed by atoms with Crippen LogP contribution in [0, 0.1) is 0 Å². The van der Waals surface area contributed by atoms with Gasteiger partial charge in [0.15, 0.2) is 0 Å². The fourth-order valence-corrected chi connectivity index (χ4v) is 4.89. The zero-order valence-electron chi connectivity index (χ0n) is 17.3. The lowest BCUT2D eigenvalue weighted by Crippen LogP contribution is -1.95. The Labute approximate surface area is 183 Å². The summed E-state index contributed by atoms with van der Waals surface area (Å²) in [7, 11) is 0. The topological polar surface area (TPSA) is 0 Å². The molecule has 0 nitrogen and oxygen atoms in total. The highest BCUT2D eigenvalue weighted by Crippen LogP contribution is 2.42. The molecule has 0 bridgehead atoms. The molecule has 0 saturated carbocycles. The summed E-state index contributed by atoms with van der Waals surface area (Å²) in [5, 5.41) is 0. The number of fused-ring (bicyclic) bond motifs is 3. The highest BCUT2D eigenvalue weighted by molar-refractivity contribution is 6.00. The minimum absolute atomic E-state index is 1.02. The number of hydrogen-bond acceptors (Lipinski definition) is 0. The van der Waals surface area contributed by atoms with Crippen LogP contribution < -0.4 is 0 Å². The third-order valence-electron chi connectivity index (χ3n) is 6.31. The molecule has 0 heteroatoms. The monoisotopic (exact) mass is 394 g/mol. The van der Waals surface area contributed by atoms with Crippen molar-refractivity contribution in [2.75, 3.05) is 0 Å². The van der Waals surface area contributed by atoms with Crippen LogP contribution in [0.1, 0.15) is 27.8 Å². The predicted molar refractivity (Wildman–Crippen MR) is 131 cm³/mol. The lowest BCUT2D eigenvalue weighted by Gasteiger charge is -2.16. The maximum Gasteiger partial charge on any atom is -0.00132 e. The molecule has 0 aromatic heterocycles. The summed E-state index contributed by atoms with van der Waals surface area (Å²) in [5.74, 6) is 0. The first-order chi connectivity index (χ1) is 15.4. The second-order valence-corrected chi connectivity index (χ2v) is 8.17. The third-order valence-corrected chi connectivity index (χ3v) is 6.31. The summed E-state index contributed by atoms with van der Waals surface area (Å²) in [4.78, 5) is 0. The van der Waals surface area contributed by atoms with E-state index in [4.69, 9.17) is 0 Å². The molecular formula is C31H22. The number of rotatable bonds is 3. The predicted octanol–water partition coefficient (Wildman–Crippen LogP) is 7.71. The molecule has 2 aliphatic carbocycles. The van der Waals surface area contributed by atoms with Crippen LogP contribution >= 0.6 is 0 Å². The van der Waals surface area contributed by atoms with Gasteiger partial charge in [-0.05, 0) is 62.1 Å². The first kappa shape index (κ1) is 17.9. The van der Waals surface area contributed by atoms with Gasteiger partial charge in [0.2, 0.25) is 0 Å². The van der Waals surface area contributed by atoms with Crippen molar-refractivity contribution in [3.63, 3.8) is 0 Å². The minimum Gasteiger partial charge on any atom is -0.0622 e. The molecular weight excluding hydrogens is 372 g/mol. The fraction of sp³-hybridized carbons (Fsp3) is 0.0323. The van der Waals surface area contributed by atoms with Gasteiger partial charge in [-0.2, -0.15) is 0 Å². The van der Waals surface area contributed by atoms with Crippen LogP contribution in [0.15, 0.2) is 127 Å². The van der Waals surface area contributed by atoms with E-state index in [1.807, 2.05) is 0 Å². The average Bonchev–Trinajstić information content (AvgIpc) is 3.45. The first-order valence-corrected chi connectivity index (χ1v) is 10.8. The van der Waals surface area contributed by atoms with Crippen molar-refractivity contribution in [3.8, 4) is 11.1 Å². The van der Waals surface area contributed by atoms with Gasteiger partial charge in [0.05, 0.1) is 0 Å².